The molecule has 0 N–H and O–H groups in total. The number of rotatable bonds is 8. The van der Waals surface area contributed by atoms with Crippen molar-refractivity contribution in [3.05, 3.63) is 47.4 Å². The second-order valence-electron chi connectivity index (χ2n) is 5.73. The van der Waals surface area contributed by atoms with E-state index in [-0.39, 0.29) is 0 Å². The number of hydrogen-bond donors (Lipinski definition) is 0. The van der Waals surface area contributed by atoms with E-state index in [0.717, 1.165) is 24.4 Å². The highest BCUT2D eigenvalue weighted by Crippen LogP contribution is 2.39. The van der Waals surface area contributed by atoms with E-state index in [1.165, 1.54) is 7.11 Å². The number of anilines is 1. The summed E-state index contributed by atoms with van der Waals surface area (Å²) in [5, 5.41) is 9.04. The Labute approximate surface area is 166 Å². The molecule has 2 rings (SSSR count). The summed E-state index contributed by atoms with van der Waals surface area (Å²) >= 11 is 0. The van der Waals surface area contributed by atoms with Gasteiger partial charge >= 0.3 is 12.9 Å². The van der Waals surface area contributed by atoms with Crippen LogP contribution in [-0.2, 0) is 0 Å². The topological polar surface area (TPSA) is 59.1 Å². The summed E-state index contributed by atoms with van der Waals surface area (Å²) in [6.45, 7) is 1.40. The monoisotopic (exact) mass is 415 g/mol. The van der Waals surface area contributed by atoms with Crippen LogP contribution in [0.3, 0.4) is 0 Å². The van der Waals surface area contributed by atoms with Crippen molar-refractivity contribution in [3.63, 3.8) is 0 Å². The molecule has 0 heterocycles. The Morgan fingerprint density at radius 3 is 2.10 bits per heavy atom. The summed E-state index contributed by atoms with van der Waals surface area (Å²) in [4.78, 5) is 5.27. The fraction of sp³-hybridized carbons (Fsp3) is 0.333. The van der Waals surface area contributed by atoms with Crippen LogP contribution in [0.1, 0.15) is 6.42 Å². The van der Waals surface area contributed by atoms with Crippen LogP contribution in [-0.4, -0.2) is 41.7 Å². The highest BCUT2D eigenvalue weighted by Gasteiger charge is 2.22. The molecule has 2 aromatic rings. The number of benzene rings is 2. The molecule has 0 radical (unpaired) electrons. The Morgan fingerprint density at radius 2 is 1.59 bits per heavy atom. The molecule has 158 valence electrons. The zero-order chi connectivity index (χ0) is 21.9. The minimum absolute atomic E-state index is 0.332. The molecule has 0 aliphatic heterocycles. The van der Waals surface area contributed by atoms with Crippen molar-refractivity contribution in [2.24, 2.45) is 0 Å². The number of halogens is 4. The Kier molecular flexibility index (Phi) is 9.58. The molecule has 11 heteroatoms. The van der Waals surface area contributed by atoms with E-state index in [0.29, 0.717) is 23.8 Å². The fourth-order valence-electron chi connectivity index (χ4n) is 2.37. The number of ether oxygens (including phenoxy) is 3. The van der Waals surface area contributed by atoms with Gasteiger partial charge in [-0.15, -0.1) is 0 Å². The second-order valence-corrected chi connectivity index (χ2v) is 5.73. The van der Waals surface area contributed by atoms with Crippen LogP contribution in [0.5, 0.6) is 17.2 Å². The van der Waals surface area contributed by atoms with E-state index in [1.54, 1.807) is 19.2 Å². The molecule has 29 heavy (non-hydrogen) atoms. The molecule has 2 aromatic carbocycles. The maximum absolute atomic E-state index is 9.75. The normalized spacial score (nSPS) is 10.3. The number of hydrogen-bond acceptors (Lipinski definition) is 5. The van der Waals surface area contributed by atoms with E-state index in [4.69, 9.17) is 19.6 Å². The SMILES string of the molecule is COc1cc(N(C)CCCOc2ccccc2)c(OC)cc1[N+]#N.F[B-](F)(F)F. The molecule has 0 fully saturated rings. The molecule has 0 unspecified atom stereocenters. The molecule has 0 bridgehead atoms. The first-order valence-corrected chi connectivity index (χ1v) is 8.57. The van der Waals surface area contributed by atoms with Crippen LogP contribution >= 0.6 is 0 Å². The van der Waals surface area contributed by atoms with Gasteiger partial charge in [0.25, 0.3) is 0 Å². The smallest absolute Gasteiger partial charge is 0.494 e. The van der Waals surface area contributed by atoms with Crippen LogP contribution in [0.2, 0.25) is 0 Å². The van der Waals surface area contributed by atoms with Crippen LogP contribution in [0.25, 0.3) is 4.98 Å². The highest BCUT2D eigenvalue weighted by molar-refractivity contribution is 6.50. The van der Waals surface area contributed by atoms with E-state index >= 15 is 0 Å². The lowest BCUT2D eigenvalue weighted by Crippen LogP contribution is -2.21. The second kappa shape index (κ2) is 11.6. The summed E-state index contributed by atoms with van der Waals surface area (Å²) in [7, 11) is -0.914. The average Bonchev–Trinajstić information content (AvgIpc) is 2.69. The summed E-state index contributed by atoms with van der Waals surface area (Å²) in [5.74, 6) is 1.98. The van der Waals surface area contributed by atoms with Crippen molar-refractivity contribution < 1.29 is 31.5 Å². The Morgan fingerprint density at radius 1 is 1.00 bits per heavy atom. The van der Waals surface area contributed by atoms with Gasteiger partial charge in [0.15, 0.2) is 10.7 Å². The third-order valence-electron chi connectivity index (χ3n) is 3.65. The van der Waals surface area contributed by atoms with E-state index in [2.05, 4.69) is 9.88 Å². The maximum Gasteiger partial charge on any atom is 0.673 e. The van der Waals surface area contributed by atoms with Crippen molar-refractivity contribution in [2.75, 3.05) is 39.3 Å². The predicted molar refractivity (Wildman–Crippen MR) is 104 cm³/mol. The van der Waals surface area contributed by atoms with Gasteiger partial charge in [-0.3, -0.25) is 0 Å². The van der Waals surface area contributed by atoms with Crippen molar-refractivity contribution >= 4 is 18.6 Å². The molecule has 0 saturated heterocycles. The lowest BCUT2D eigenvalue weighted by Gasteiger charge is -2.21. The third-order valence-corrected chi connectivity index (χ3v) is 3.65. The Hall–Kier alpha value is -3.16. The predicted octanol–water partition coefficient (Wildman–Crippen LogP) is 5.39. The Bertz CT molecular complexity index is 795. The minimum Gasteiger partial charge on any atom is -0.494 e. The van der Waals surface area contributed by atoms with Gasteiger partial charge in [-0.25, -0.2) is 0 Å². The third kappa shape index (κ3) is 9.05. The van der Waals surface area contributed by atoms with E-state index in [9.17, 15) is 17.3 Å². The summed E-state index contributed by atoms with van der Waals surface area (Å²) in [6, 6.07) is 13.2. The molecule has 0 aromatic heterocycles. The quantitative estimate of drug-likeness (QED) is 0.250. The first kappa shape index (κ1) is 23.9. The molecule has 0 spiro atoms. The number of para-hydroxylation sites is 1. The molecule has 0 aliphatic carbocycles. The van der Waals surface area contributed by atoms with Crippen molar-refractivity contribution in [1.29, 1.82) is 5.39 Å². The average molecular weight is 415 g/mol. The first-order valence-electron chi connectivity index (χ1n) is 8.57. The molecule has 6 nitrogen and oxygen atoms in total. The van der Waals surface area contributed by atoms with Gasteiger partial charge in [0.1, 0.15) is 5.75 Å². The minimum atomic E-state index is -6.00. The van der Waals surface area contributed by atoms with E-state index in [1.807, 2.05) is 37.4 Å². The molecule has 0 saturated carbocycles. The molecule has 0 amide bonds. The lowest BCUT2D eigenvalue weighted by molar-refractivity contribution is 0.312. The zero-order valence-electron chi connectivity index (χ0n) is 16.3. The largest absolute Gasteiger partial charge is 0.673 e. The first-order chi connectivity index (χ1) is 13.7. The van der Waals surface area contributed by atoms with Crippen LogP contribution in [0.15, 0.2) is 42.5 Å². The van der Waals surface area contributed by atoms with E-state index < -0.39 is 7.25 Å². The summed E-state index contributed by atoms with van der Waals surface area (Å²) in [6.07, 6.45) is 0.850. The molecule has 0 atom stereocenters. The number of diazo groups is 1. The van der Waals surface area contributed by atoms with Crippen LogP contribution in [0.4, 0.5) is 28.6 Å². The van der Waals surface area contributed by atoms with Crippen LogP contribution in [0, 0.1) is 5.39 Å². The van der Waals surface area contributed by atoms with Gasteiger partial charge in [-0.2, -0.15) is 0 Å². The van der Waals surface area contributed by atoms with Crippen molar-refractivity contribution in [1.82, 2.24) is 0 Å². The zero-order valence-corrected chi connectivity index (χ0v) is 16.3. The van der Waals surface area contributed by atoms with Gasteiger partial charge in [0.05, 0.1) is 32.6 Å². The standard InChI is InChI=1S/C18H22N3O3.BF4/c1-21(10-7-11-24-14-8-5-4-6-9-14)16-13-17(22-2)15(20-19)12-18(16)23-3;2-1(3,4)5/h4-6,8-9,12-13H,7,10-11H2,1-3H3;/q+1;-1. The number of nitrogens with zero attached hydrogens (tertiary/aromatic N) is 3. The van der Waals surface area contributed by atoms with Gasteiger partial charge in [0.2, 0.25) is 11.1 Å². The summed E-state index contributed by atoms with van der Waals surface area (Å²) in [5.41, 5.74) is 1.19. The summed E-state index contributed by atoms with van der Waals surface area (Å²) < 4.78 is 55.3. The van der Waals surface area contributed by atoms with Gasteiger partial charge in [-0.05, 0) is 18.6 Å². The maximum atomic E-state index is 9.75. The fourth-order valence-corrected chi connectivity index (χ4v) is 2.37. The lowest BCUT2D eigenvalue weighted by atomic mass is 10.2. The van der Waals surface area contributed by atoms with Gasteiger partial charge < -0.3 is 36.4 Å². The van der Waals surface area contributed by atoms with Gasteiger partial charge in [0, 0.05) is 19.7 Å². The van der Waals surface area contributed by atoms with Gasteiger partial charge in [-0.1, -0.05) is 18.2 Å². The molecular formula is C18H22BF4N3O3. The number of methoxy groups -OCH3 is 2. The van der Waals surface area contributed by atoms with Crippen molar-refractivity contribution in [3.8, 4) is 17.2 Å². The molecular weight excluding hydrogens is 393 g/mol. The molecule has 0 aliphatic rings. The Balaban J connectivity index is 0.000000749. The highest BCUT2D eigenvalue weighted by atomic mass is 19.5. The van der Waals surface area contributed by atoms with Crippen molar-refractivity contribution in [2.45, 2.75) is 6.42 Å². The van der Waals surface area contributed by atoms with Crippen LogP contribution < -0.4 is 19.1 Å².